The summed E-state index contributed by atoms with van der Waals surface area (Å²) in [6.07, 6.45) is 0. The zero-order valence-corrected chi connectivity index (χ0v) is 8.67. The molecule has 0 aliphatic carbocycles. The summed E-state index contributed by atoms with van der Waals surface area (Å²) in [6, 6.07) is 0. The average molecular weight is 212 g/mol. The Morgan fingerprint density at radius 2 is 2.00 bits per heavy atom. The van der Waals surface area contributed by atoms with E-state index < -0.39 is 10.2 Å². The quantitative estimate of drug-likeness (QED) is 0.498. The van der Waals surface area contributed by atoms with E-state index in [1.165, 1.54) is 14.1 Å². The highest BCUT2D eigenvalue weighted by molar-refractivity contribution is 7.87. The number of ether oxygens (including phenoxy) is 1. The summed E-state index contributed by atoms with van der Waals surface area (Å²) < 4.78 is 30.4. The van der Waals surface area contributed by atoms with Crippen LogP contribution in [0.1, 0.15) is 0 Å². The van der Waals surface area contributed by atoms with Gasteiger partial charge in [-0.05, 0) is 0 Å². The summed E-state index contributed by atoms with van der Waals surface area (Å²) in [5, 5.41) is 8.34. The molecule has 80 valence electrons. The second kappa shape index (κ2) is 6.28. The molecular formula is C6H16N2O4S. The zero-order valence-electron chi connectivity index (χ0n) is 7.86. The maximum atomic E-state index is 11.1. The van der Waals surface area contributed by atoms with E-state index in [-0.39, 0.29) is 26.4 Å². The minimum absolute atomic E-state index is 0.0551. The molecule has 0 fully saturated rings. The minimum Gasteiger partial charge on any atom is -0.394 e. The first-order chi connectivity index (χ1) is 6.00. The van der Waals surface area contributed by atoms with E-state index in [4.69, 9.17) is 9.84 Å². The first kappa shape index (κ1) is 12.8. The third-order valence-corrected chi connectivity index (χ3v) is 2.78. The van der Waals surface area contributed by atoms with Crippen LogP contribution in [-0.2, 0) is 14.9 Å². The van der Waals surface area contributed by atoms with Crippen LogP contribution in [0, 0.1) is 0 Å². The maximum absolute atomic E-state index is 11.1. The predicted molar refractivity (Wildman–Crippen MR) is 48.5 cm³/mol. The molecule has 0 heterocycles. The number of hydrogen-bond acceptors (Lipinski definition) is 4. The van der Waals surface area contributed by atoms with E-state index in [2.05, 4.69) is 4.72 Å². The van der Waals surface area contributed by atoms with E-state index in [1.54, 1.807) is 0 Å². The van der Waals surface area contributed by atoms with E-state index >= 15 is 0 Å². The van der Waals surface area contributed by atoms with Gasteiger partial charge in [0, 0.05) is 20.6 Å². The molecule has 0 rings (SSSR count). The van der Waals surface area contributed by atoms with Crippen LogP contribution in [0.3, 0.4) is 0 Å². The van der Waals surface area contributed by atoms with Gasteiger partial charge in [0.1, 0.15) is 0 Å². The van der Waals surface area contributed by atoms with Crippen molar-refractivity contribution in [1.82, 2.24) is 9.03 Å². The molecule has 0 radical (unpaired) electrons. The van der Waals surface area contributed by atoms with Gasteiger partial charge in [0.05, 0.1) is 19.8 Å². The summed E-state index contributed by atoms with van der Waals surface area (Å²) in [4.78, 5) is 0. The molecule has 6 nitrogen and oxygen atoms in total. The van der Waals surface area contributed by atoms with Crippen LogP contribution in [0.15, 0.2) is 0 Å². The second-order valence-electron chi connectivity index (χ2n) is 2.52. The van der Waals surface area contributed by atoms with Crippen molar-refractivity contribution < 1.29 is 18.3 Å². The maximum Gasteiger partial charge on any atom is 0.279 e. The number of hydrogen-bond donors (Lipinski definition) is 2. The van der Waals surface area contributed by atoms with Gasteiger partial charge in [-0.25, -0.2) is 0 Å². The van der Waals surface area contributed by atoms with Gasteiger partial charge in [0.2, 0.25) is 0 Å². The fraction of sp³-hybridized carbons (Fsp3) is 1.00. The van der Waals surface area contributed by atoms with Gasteiger partial charge >= 0.3 is 0 Å². The summed E-state index contributed by atoms with van der Waals surface area (Å²) >= 11 is 0. The highest BCUT2D eigenvalue weighted by Crippen LogP contribution is 1.86. The molecule has 0 aliphatic heterocycles. The molecule has 0 bridgehead atoms. The normalized spacial score (nSPS) is 12.3. The molecule has 0 spiro atoms. The number of aliphatic hydroxyl groups excluding tert-OH is 1. The second-order valence-corrected chi connectivity index (χ2v) is 4.49. The topological polar surface area (TPSA) is 78.9 Å². The molecule has 13 heavy (non-hydrogen) atoms. The van der Waals surface area contributed by atoms with Crippen LogP contribution in [0.2, 0.25) is 0 Å². The molecule has 0 unspecified atom stereocenters. The monoisotopic (exact) mass is 212 g/mol. The minimum atomic E-state index is -3.34. The Balaban J connectivity index is 3.53. The van der Waals surface area contributed by atoms with Crippen molar-refractivity contribution in [3.05, 3.63) is 0 Å². The number of aliphatic hydroxyl groups is 1. The lowest BCUT2D eigenvalue weighted by molar-refractivity contribution is 0.0960. The Kier molecular flexibility index (Phi) is 6.17. The van der Waals surface area contributed by atoms with Crippen molar-refractivity contribution in [1.29, 1.82) is 0 Å². The lowest BCUT2D eigenvalue weighted by Gasteiger charge is -2.11. The lowest BCUT2D eigenvalue weighted by Crippen LogP contribution is -2.37. The molecule has 0 aliphatic rings. The molecule has 0 aromatic rings. The number of nitrogens with one attached hydrogen (secondary N) is 1. The summed E-state index contributed by atoms with van der Waals surface area (Å²) in [5.41, 5.74) is 0. The Morgan fingerprint density at radius 1 is 1.38 bits per heavy atom. The summed E-state index contributed by atoms with van der Waals surface area (Å²) in [6.45, 7) is 0.637. The van der Waals surface area contributed by atoms with Crippen LogP contribution >= 0.6 is 0 Å². The Labute approximate surface area is 78.7 Å². The van der Waals surface area contributed by atoms with Gasteiger partial charge in [0.15, 0.2) is 0 Å². The molecule has 2 N–H and O–H groups in total. The van der Waals surface area contributed by atoms with Crippen molar-refractivity contribution in [2.24, 2.45) is 0 Å². The zero-order chi connectivity index (χ0) is 10.3. The molecule has 0 amide bonds. The van der Waals surface area contributed by atoms with E-state index in [1.807, 2.05) is 0 Å². The highest BCUT2D eigenvalue weighted by Gasteiger charge is 2.10. The van der Waals surface area contributed by atoms with Crippen LogP contribution in [0.5, 0.6) is 0 Å². The van der Waals surface area contributed by atoms with Crippen molar-refractivity contribution in [3.8, 4) is 0 Å². The molecule has 0 atom stereocenters. The number of nitrogens with zero attached hydrogens (tertiary/aromatic N) is 1. The van der Waals surface area contributed by atoms with Crippen molar-refractivity contribution >= 4 is 10.2 Å². The fourth-order valence-electron chi connectivity index (χ4n) is 0.539. The van der Waals surface area contributed by atoms with Crippen LogP contribution < -0.4 is 4.72 Å². The lowest BCUT2D eigenvalue weighted by atomic mass is 10.7. The largest absolute Gasteiger partial charge is 0.394 e. The van der Waals surface area contributed by atoms with Gasteiger partial charge < -0.3 is 9.84 Å². The third kappa shape index (κ3) is 5.94. The molecule has 0 aromatic heterocycles. The van der Waals surface area contributed by atoms with E-state index in [9.17, 15) is 8.42 Å². The first-order valence-electron chi connectivity index (χ1n) is 3.86. The molecule has 7 heteroatoms. The third-order valence-electron chi connectivity index (χ3n) is 1.25. The van der Waals surface area contributed by atoms with Gasteiger partial charge in [-0.2, -0.15) is 17.4 Å². The van der Waals surface area contributed by atoms with Crippen molar-refractivity contribution in [3.63, 3.8) is 0 Å². The Bertz CT molecular complexity index is 215. The fourth-order valence-corrected chi connectivity index (χ4v) is 1.14. The Hall–Kier alpha value is -0.210. The Morgan fingerprint density at radius 3 is 2.46 bits per heavy atom. The average Bonchev–Trinajstić information content (AvgIpc) is 2.03. The molecular weight excluding hydrogens is 196 g/mol. The van der Waals surface area contributed by atoms with Gasteiger partial charge in [-0.15, -0.1) is 0 Å². The SMILES string of the molecule is CN(C)S(=O)(=O)NCCOCCO. The van der Waals surface area contributed by atoms with Gasteiger partial charge in [-0.3, -0.25) is 0 Å². The molecule has 0 saturated heterocycles. The van der Waals surface area contributed by atoms with Crippen LogP contribution in [0.25, 0.3) is 0 Å². The van der Waals surface area contributed by atoms with Crippen molar-refractivity contribution in [2.45, 2.75) is 0 Å². The standard InChI is InChI=1S/C6H16N2O4S/c1-8(2)13(10,11)7-3-5-12-6-4-9/h7,9H,3-6H2,1-2H3. The molecule has 0 aromatic carbocycles. The van der Waals surface area contributed by atoms with Gasteiger partial charge in [-0.1, -0.05) is 0 Å². The summed E-state index contributed by atoms with van der Waals surface area (Å²) in [5.74, 6) is 0. The summed E-state index contributed by atoms with van der Waals surface area (Å²) in [7, 11) is -0.462. The van der Waals surface area contributed by atoms with E-state index in [0.29, 0.717) is 0 Å². The van der Waals surface area contributed by atoms with Crippen LogP contribution in [0.4, 0.5) is 0 Å². The molecule has 0 saturated carbocycles. The van der Waals surface area contributed by atoms with Crippen LogP contribution in [-0.4, -0.2) is 58.3 Å². The smallest absolute Gasteiger partial charge is 0.279 e. The predicted octanol–water partition coefficient (Wildman–Crippen LogP) is -1.61. The number of rotatable bonds is 7. The first-order valence-corrected chi connectivity index (χ1v) is 5.30. The van der Waals surface area contributed by atoms with E-state index in [0.717, 1.165) is 4.31 Å². The van der Waals surface area contributed by atoms with Gasteiger partial charge in [0.25, 0.3) is 10.2 Å². The van der Waals surface area contributed by atoms with Crippen molar-refractivity contribution in [2.75, 3.05) is 40.5 Å². The highest BCUT2D eigenvalue weighted by atomic mass is 32.2.